The number of halogens is 2. The van der Waals surface area contributed by atoms with Crippen LogP contribution in [0.15, 0.2) is 36.4 Å². The van der Waals surface area contributed by atoms with E-state index in [1.54, 1.807) is 24.3 Å². The number of benzene rings is 2. The average molecular weight is 378 g/mol. The Balaban J connectivity index is 1.51. The zero-order valence-electron chi connectivity index (χ0n) is 14.7. The second-order valence-electron chi connectivity index (χ2n) is 6.79. The lowest BCUT2D eigenvalue weighted by Crippen LogP contribution is -2.40. The van der Waals surface area contributed by atoms with E-state index in [9.17, 15) is 8.78 Å². The van der Waals surface area contributed by atoms with E-state index in [2.05, 4.69) is 30.7 Å². The molecule has 3 N–H and O–H groups in total. The fourth-order valence-electron chi connectivity index (χ4n) is 3.18. The van der Waals surface area contributed by atoms with Crippen molar-refractivity contribution in [2.75, 3.05) is 13.1 Å². The van der Waals surface area contributed by atoms with Gasteiger partial charge in [0.25, 0.3) is 0 Å². The SMILES string of the molecule is Fc1ccc(C=Cc2n[nH]c3c(F)cc(-c4nnc(C5CNC5)[nH]4)cc23)cc1. The summed E-state index contributed by atoms with van der Waals surface area (Å²) in [4.78, 5) is 3.19. The Morgan fingerprint density at radius 3 is 2.57 bits per heavy atom. The molecule has 140 valence electrons. The van der Waals surface area contributed by atoms with Gasteiger partial charge in [-0.15, -0.1) is 10.2 Å². The van der Waals surface area contributed by atoms with Gasteiger partial charge in [-0.1, -0.05) is 18.2 Å². The molecule has 1 fully saturated rings. The molecule has 2 aromatic heterocycles. The van der Waals surface area contributed by atoms with Crippen LogP contribution in [0.5, 0.6) is 0 Å². The van der Waals surface area contributed by atoms with Crippen molar-refractivity contribution in [1.29, 1.82) is 0 Å². The van der Waals surface area contributed by atoms with Crippen LogP contribution in [0, 0.1) is 11.6 Å². The standard InChI is InChI=1S/C20H16F2N6/c21-14-4-1-11(2-5-14)3-6-17-15-7-12(8-16(22)18(15)26-25-17)19-24-20(28-27-19)13-9-23-10-13/h1-8,13,23H,9-10H2,(H,25,26)(H,24,27,28). The van der Waals surface area contributed by atoms with Crippen molar-refractivity contribution in [2.45, 2.75) is 5.92 Å². The molecule has 0 aliphatic carbocycles. The Labute approximate surface area is 158 Å². The molecule has 0 saturated carbocycles. The molecule has 8 heteroatoms. The summed E-state index contributed by atoms with van der Waals surface area (Å²) in [5, 5.41) is 19.1. The van der Waals surface area contributed by atoms with Gasteiger partial charge in [0.15, 0.2) is 5.82 Å². The van der Waals surface area contributed by atoms with Crippen molar-refractivity contribution < 1.29 is 8.78 Å². The summed E-state index contributed by atoms with van der Waals surface area (Å²) < 4.78 is 27.6. The molecule has 1 aliphatic heterocycles. The first-order chi connectivity index (χ1) is 13.7. The van der Waals surface area contributed by atoms with Crippen molar-refractivity contribution in [1.82, 2.24) is 30.7 Å². The molecule has 0 atom stereocenters. The van der Waals surface area contributed by atoms with E-state index in [0.29, 0.717) is 33.9 Å². The molecule has 0 amide bonds. The molecule has 1 saturated heterocycles. The fraction of sp³-hybridized carbons (Fsp3) is 0.150. The molecule has 0 spiro atoms. The Kier molecular flexibility index (Phi) is 3.98. The van der Waals surface area contributed by atoms with Crippen LogP contribution in [0.2, 0.25) is 0 Å². The first kappa shape index (κ1) is 16.8. The first-order valence-electron chi connectivity index (χ1n) is 8.92. The third kappa shape index (κ3) is 2.97. The molecule has 3 heterocycles. The van der Waals surface area contributed by atoms with Gasteiger partial charge in [-0.05, 0) is 35.9 Å². The lowest BCUT2D eigenvalue weighted by molar-refractivity contribution is 0.431. The summed E-state index contributed by atoms with van der Waals surface area (Å²) in [5.74, 6) is 0.941. The second kappa shape index (κ2) is 6.65. The molecule has 6 nitrogen and oxygen atoms in total. The van der Waals surface area contributed by atoms with Gasteiger partial charge in [-0.2, -0.15) is 5.10 Å². The van der Waals surface area contributed by atoms with Gasteiger partial charge in [-0.25, -0.2) is 8.78 Å². The van der Waals surface area contributed by atoms with Crippen molar-refractivity contribution in [3.8, 4) is 11.4 Å². The number of fused-ring (bicyclic) bond motifs is 1. The zero-order valence-corrected chi connectivity index (χ0v) is 14.7. The average Bonchev–Trinajstić information content (AvgIpc) is 3.27. The Hall–Kier alpha value is -3.39. The van der Waals surface area contributed by atoms with Gasteiger partial charge in [0, 0.05) is 30.0 Å². The molecule has 0 bridgehead atoms. The van der Waals surface area contributed by atoms with Gasteiger partial charge in [0.05, 0.1) is 5.69 Å². The van der Waals surface area contributed by atoms with E-state index < -0.39 is 5.82 Å². The maximum atomic E-state index is 14.6. The van der Waals surface area contributed by atoms with Gasteiger partial charge in [0.2, 0.25) is 0 Å². The second-order valence-corrected chi connectivity index (χ2v) is 6.79. The van der Waals surface area contributed by atoms with Crippen LogP contribution in [0.4, 0.5) is 8.78 Å². The number of hydrogen-bond donors (Lipinski definition) is 3. The summed E-state index contributed by atoms with van der Waals surface area (Å²) in [6.45, 7) is 1.73. The largest absolute Gasteiger partial charge is 0.325 e. The third-order valence-electron chi connectivity index (χ3n) is 4.90. The van der Waals surface area contributed by atoms with Crippen LogP contribution >= 0.6 is 0 Å². The molecule has 4 aromatic rings. The third-order valence-corrected chi connectivity index (χ3v) is 4.90. The molecule has 28 heavy (non-hydrogen) atoms. The molecule has 1 aliphatic rings. The van der Waals surface area contributed by atoms with Crippen LogP contribution in [-0.4, -0.2) is 38.5 Å². The van der Waals surface area contributed by atoms with E-state index in [-0.39, 0.29) is 5.82 Å². The molecule has 2 aromatic carbocycles. The van der Waals surface area contributed by atoms with Gasteiger partial charge in [0.1, 0.15) is 23.0 Å². The van der Waals surface area contributed by atoms with Gasteiger partial charge >= 0.3 is 0 Å². The number of rotatable bonds is 4. The van der Waals surface area contributed by atoms with Crippen LogP contribution in [0.3, 0.4) is 0 Å². The minimum Gasteiger partial charge on any atom is -0.325 e. The van der Waals surface area contributed by atoms with E-state index >= 15 is 0 Å². The number of nitrogens with one attached hydrogen (secondary N) is 3. The summed E-state index contributed by atoms with van der Waals surface area (Å²) in [5.41, 5.74) is 2.34. The number of hydrogen-bond acceptors (Lipinski definition) is 4. The first-order valence-corrected chi connectivity index (χ1v) is 8.92. The predicted molar refractivity (Wildman–Crippen MR) is 102 cm³/mol. The minimum absolute atomic E-state index is 0.293. The van der Waals surface area contributed by atoms with E-state index in [1.807, 2.05) is 6.07 Å². The van der Waals surface area contributed by atoms with Crippen molar-refractivity contribution in [3.05, 3.63) is 65.1 Å². The van der Waals surface area contributed by atoms with E-state index in [0.717, 1.165) is 24.5 Å². The molecule has 5 rings (SSSR count). The highest BCUT2D eigenvalue weighted by molar-refractivity contribution is 5.92. The van der Waals surface area contributed by atoms with Crippen LogP contribution in [-0.2, 0) is 0 Å². The number of nitrogens with zero attached hydrogens (tertiary/aromatic N) is 3. The summed E-state index contributed by atoms with van der Waals surface area (Å²) >= 11 is 0. The highest BCUT2D eigenvalue weighted by Gasteiger charge is 2.23. The Bertz CT molecular complexity index is 1170. The lowest BCUT2D eigenvalue weighted by atomic mass is 10.0. The summed E-state index contributed by atoms with van der Waals surface area (Å²) in [7, 11) is 0. The topological polar surface area (TPSA) is 82.3 Å². The quantitative estimate of drug-likeness (QED) is 0.508. The monoisotopic (exact) mass is 378 g/mol. The number of H-pyrrole nitrogens is 2. The van der Waals surface area contributed by atoms with Crippen LogP contribution in [0.1, 0.15) is 23.0 Å². The smallest absolute Gasteiger partial charge is 0.161 e. The van der Waals surface area contributed by atoms with Gasteiger partial charge < -0.3 is 10.3 Å². The lowest BCUT2D eigenvalue weighted by Gasteiger charge is -2.24. The number of aromatic nitrogens is 5. The fourth-order valence-corrected chi connectivity index (χ4v) is 3.18. The highest BCUT2D eigenvalue weighted by atomic mass is 19.1. The van der Waals surface area contributed by atoms with Crippen molar-refractivity contribution in [2.24, 2.45) is 0 Å². The molecular weight excluding hydrogens is 362 g/mol. The van der Waals surface area contributed by atoms with Crippen LogP contribution in [0.25, 0.3) is 34.4 Å². The summed E-state index contributed by atoms with van der Waals surface area (Å²) in [6, 6.07) is 9.35. The highest BCUT2D eigenvalue weighted by Crippen LogP contribution is 2.28. The van der Waals surface area contributed by atoms with Gasteiger partial charge in [-0.3, -0.25) is 5.10 Å². The predicted octanol–water partition coefficient (Wildman–Crippen LogP) is 3.48. The van der Waals surface area contributed by atoms with E-state index in [4.69, 9.17) is 0 Å². The Morgan fingerprint density at radius 1 is 1.00 bits per heavy atom. The summed E-state index contributed by atoms with van der Waals surface area (Å²) in [6.07, 6.45) is 3.57. The van der Waals surface area contributed by atoms with Crippen molar-refractivity contribution in [3.63, 3.8) is 0 Å². The molecule has 0 radical (unpaired) electrons. The molecular formula is C20H16F2N6. The van der Waals surface area contributed by atoms with Crippen molar-refractivity contribution >= 4 is 23.1 Å². The maximum Gasteiger partial charge on any atom is 0.161 e. The minimum atomic E-state index is -0.412. The van der Waals surface area contributed by atoms with Crippen LogP contribution < -0.4 is 5.32 Å². The zero-order chi connectivity index (χ0) is 19.1. The maximum absolute atomic E-state index is 14.6. The number of aromatic amines is 2. The van der Waals surface area contributed by atoms with E-state index in [1.165, 1.54) is 18.2 Å². The molecule has 0 unspecified atom stereocenters. The Morgan fingerprint density at radius 2 is 1.82 bits per heavy atom. The normalized spacial score (nSPS) is 14.8.